The number of amides is 1. The summed E-state index contributed by atoms with van der Waals surface area (Å²) in [4.78, 5) is 28.9. The van der Waals surface area contributed by atoms with Gasteiger partial charge in [0.25, 0.3) is 5.91 Å². The number of nitrogens with zero attached hydrogens (tertiary/aromatic N) is 1. The molecule has 0 bridgehead atoms. The van der Waals surface area contributed by atoms with Crippen LogP contribution in [0.4, 0.5) is 5.69 Å². The topological polar surface area (TPSA) is 58.6 Å². The number of carbonyl (C=O) groups is 2. The second-order valence-electron chi connectivity index (χ2n) is 12.5. The van der Waals surface area contributed by atoms with Gasteiger partial charge in [-0.2, -0.15) is 11.8 Å². The second kappa shape index (κ2) is 15.9. The van der Waals surface area contributed by atoms with Crippen molar-refractivity contribution in [2.75, 3.05) is 24.0 Å². The molecule has 5 nitrogen and oxygen atoms in total. The van der Waals surface area contributed by atoms with E-state index in [2.05, 4.69) is 114 Å². The molecular formula is C43H42N2O3S. The van der Waals surface area contributed by atoms with E-state index in [1.807, 2.05) is 36.6 Å². The molecule has 0 saturated carbocycles. The Labute approximate surface area is 293 Å². The zero-order chi connectivity index (χ0) is 34.2. The predicted octanol–water partition coefficient (Wildman–Crippen LogP) is 9.51. The van der Waals surface area contributed by atoms with Crippen LogP contribution in [-0.2, 0) is 22.6 Å². The van der Waals surface area contributed by atoms with E-state index >= 15 is 0 Å². The number of hydrogen-bond acceptors (Lipinski definition) is 5. The van der Waals surface area contributed by atoms with Crippen LogP contribution in [0.2, 0.25) is 0 Å². The van der Waals surface area contributed by atoms with Gasteiger partial charge >= 0.3 is 5.97 Å². The van der Waals surface area contributed by atoms with Crippen molar-refractivity contribution in [3.05, 3.63) is 155 Å². The standard InChI is InChI=1S/C43H42N2O3S/c1-30-13-7-8-14-32(25-30)39-26-31(21-22-38(39)42(46)44-41(23-24-49-3)43(47)48-2)28-45(35-17-5-4-6-18-35)29-40-36-19-11-9-15-33(36)27-34-16-10-12-20-37(34)40/h4-22,26-27,41H,23-25,28-29H2,1-3H3,(H,44,46). The van der Waals surface area contributed by atoms with Crippen LogP contribution in [0.3, 0.4) is 0 Å². The fourth-order valence-corrected chi connectivity index (χ4v) is 7.05. The molecule has 6 rings (SSSR count). The van der Waals surface area contributed by atoms with Gasteiger partial charge in [0.05, 0.1) is 7.11 Å². The summed E-state index contributed by atoms with van der Waals surface area (Å²) in [7, 11) is 1.36. The zero-order valence-corrected chi connectivity index (χ0v) is 29.1. The third-order valence-corrected chi connectivity index (χ3v) is 9.71. The number of thioether (sulfide) groups is 1. The summed E-state index contributed by atoms with van der Waals surface area (Å²) in [6.45, 7) is 3.44. The van der Waals surface area contributed by atoms with Crippen LogP contribution in [0.5, 0.6) is 0 Å². The van der Waals surface area contributed by atoms with Crippen molar-refractivity contribution < 1.29 is 14.3 Å². The Morgan fingerprint density at radius 2 is 1.51 bits per heavy atom. The minimum Gasteiger partial charge on any atom is -0.467 e. The number of carbonyl (C=O) groups excluding carboxylic acids is 2. The van der Waals surface area contributed by atoms with E-state index in [9.17, 15) is 9.59 Å². The third kappa shape index (κ3) is 7.98. The van der Waals surface area contributed by atoms with E-state index in [1.165, 1.54) is 39.8 Å². The molecule has 248 valence electrons. The van der Waals surface area contributed by atoms with Gasteiger partial charge in [-0.25, -0.2) is 4.79 Å². The molecule has 1 unspecified atom stereocenters. The number of hydrogen-bond donors (Lipinski definition) is 1. The van der Waals surface area contributed by atoms with E-state index in [0.717, 1.165) is 28.1 Å². The van der Waals surface area contributed by atoms with Crippen molar-refractivity contribution in [1.82, 2.24) is 5.32 Å². The molecule has 1 atom stereocenters. The van der Waals surface area contributed by atoms with Gasteiger partial charge in [0.15, 0.2) is 0 Å². The lowest BCUT2D eigenvalue weighted by atomic mass is 9.92. The van der Waals surface area contributed by atoms with Gasteiger partial charge in [-0.3, -0.25) is 4.79 Å². The molecule has 1 aliphatic rings. The highest BCUT2D eigenvalue weighted by atomic mass is 32.2. The minimum absolute atomic E-state index is 0.282. The second-order valence-corrected chi connectivity index (χ2v) is 13.5. The van der Waals surface area contributed by atoms with Crippen LogP contribution in [-0.4, -0.2) is 37.0 Å². The first-order chi connectivity index (χ1) is 23.9. The van der Waals surface area contributed by atoms with Crippen LogP contribution in [0.1, 0.15) is 46.8 Å². The summed E-state index contributed by atoms with van der Waals surface area (Å²) >= 11 is 1.63. The van der Waals surface area contributed by atoms with Crippen molar-refractivity contribution in [1.29, 1.82) is 0 Å². The Kier molecular flexibility index (Phi) is 11.0. The number of rotatable bonds is 12. The lowest BCUT2D eigenvalue weighted by Gasteiger charge is -2.27. The Balaban J connectivity index is 1.41. The third-order valence-electron chi connectivity index (χ3n) is 9.06. The van der Waals surface area contributed by atoms with Gasteiger partial charge in [-0.15, -0.1) is 0 Å². The number of para-hydroxylation sites is 1. The van der Waals surface area contributed by atoms with E-state index in [0.29, 0.717) is 31.5 Å². The van der Waals surface area contributed by atoms with Crippen molar-refractivity contribution in [3.63, 3.8) is 0 Å². The largest absolute Gasteiger partial charge is 0.467 e. The Hall–Kier alpha value is -5.07. The average Bonchev–Trinajstić information content (AvgIpc) is 3.36. The molecule has 0 fully saturated rings. The maximum atomic E-state index is 13.9. The van der Waals surface area contributed by atoms with Crippen LogP contribution < -0.4 is 10.2 Å². The average molecular weight is 667 g/mol. The summed E-state index contributed by atoms with van der Waals surface area (Å²) in [5, 5.41) is 7.92. The number of nitrogens with one attached hydrogen (secondary N) is 1. The van der Waals surface area contributed by atoms with Crippen LogP contribution in [0, 0.1) is 0 Å². The molecular weight excluding hydrogens is 625 g/mol. The summed E-state index contributed by atoms with van der Waals surface area (Å²) in [5.41, 5.74) is 7.16. The first kappa shape index (κ1) is 33.8. The SMILES string of the molecule is COC(=O)C(CCSC)NC(=O)c1ccc(CN(Cc2c3ccccc3cc3ccccc23)c2ccccc2)cc1C1=CC=CC=C(C)C1. The molecule has 0 aliphatic heterocycles. The van der Waals surface area contributed by atoms with Crippen molar-refractivity contribution >= 4 is 56.4 Å². The number of methoxy groups -OCH3 is 1. The molecule has 5 aromatic carbocycles. The number of fused-ring (bicyclic) bond motifs is 2. The molecule has 0 saturated heterocycles. The smallest absolute Gasteiger partial charge is 0.328 e. The molecule has 1 N–H and O–H groups in total. The fourth-order valence-electron chi connectivity index (χ4n) is 6.58. The number of anilines is 1. The van der Waals surface area contributed by atoms with E-state index in [4.69, 9.17) is 4.74 Å². The molecule has 1 amide bonds. The van der Waals surface area contributed by atoms with Gasteiger partial charge in [0.1, 0.15) is 6.04 Å². The minimum atomic E-state index is -0.716. The van der Waals surface area contributed by atoms with E-state index < -0.39 is 12.0 Å². The number of esters is 1. The van der Waals surface area contributed by atoms with E-state index in [1.54, 1.807) is 11.8 Å². The van der Waals surface area contributed by atoms with Gasteiger partial charge in [-0.1, -0.05) is 103 Å². The summed E-state index contributed by atoms with van der Waals surface area (Å²) in [6, 6.07) is 35.4. The molecule has 0 spiro atoms. The summed E-state index contributed by atoms with van der Waals surface area (Å²) in [6.07, 6.45) is 11.4. The first-order valence-electron chi connectivity index (χ1n) is 16.7. The fraction of sp³-hybridized carbons (Fsp3) is 0.209. The number of allylic oxidation sites excluding steroid dienone is 6. The molecule has 0 aromatic heterocycles. The number of benzene rings is 5. The maximum absolute atomic E-state index is 13.9. The van der Waals surface area contributed by atoms with Gasteiger partial charge in [-0.05, 0) is 106 Å². The lowest BCUT2D eigenvalue weighted by molar-refractivity contribution is -0.142. The summed E-state index contributed by atoms with van der Waals surface area (Å²) in [5.74, 6) is 0.0129. The van der Waals surface area contributed by atoms with Crippen LogP contribution >= 0.6 is 11.8 Å². The first-order valence-corrected chi connectivity index (χ1v) is 18.1. The van der Waals surface area contributed by atoms with Crippen LogP contribution in [0.15, 0.2) is 133 Å². The molecule has 6 heteroatoms. The summed E-state index contributed by atoms with van der Waals surface area (Å²) < 4.78 is 5.03. The molecule has 5 aromatic rings. The van der Waals surface area contributed by atoms with Crippen molar-refractivity contribution in [3.8, 4) is 0 Å². The molecule has 49 heavy (non-hydrogen) atoms. The Morgan fingerprint density at radius 3 is 2.20 bits per heavy atom. The van der Waals surface area contributed by atoms with Gasteiger partial charge in [0.2, 0.25) is 0 Å². The number of ether oxygens (including phenoxy) is 1. The predicted molar refractivity (Wildman–Crippen MR) is 206 cm³/mol. The lowest BCUT2D eigenvalue weighted by Crippen LogP contribution is -2.42. The molecule has 0 radical (unpaired) electrons. The highest BCUT2D eigenvalue weighted by molar-refractivity contribution is 7.98. The zero-order valence-electron chi connectivity index (χ0n) is 28.3. The Bertz CT molecular complexity index is 2010. The Morgan fingerprint density at radius 1 is 0.837 bits per heavy atom. The van der Waals surface area contributed by atoms with E-state index in [-0.39, 0.29) is 5.91 Å². The molecule has 1 aliphatic carbocycles. The van der Waals surface area contributed by atoms with Gasteiger partial charge < -0.3 is 15.0 Å². The van der Waals surface area contributed by atoms with Crippen molar-refractivity contribution in [2.45, 2.75) is 38.9 Å². The van der Waals surface area contributed by atoms with Gasteiger partial charge in [0, 0.05) is 24.3 Å². The maximum Gasteiger partial charge on any atom is 0.328 e. The normalized spacial score (nSPS) is 13.4. The highest BCUT2D eigenvalue weighted by Crippen LogP contribution is 2.33. The van der Waals surface area contributed by atoms with Crippen molar-refractivity contribution in [2.24, 2.45) is 0 Å². The molecule has 0 heterocycles. The monoisotopic (exact) mass is 666 g/mol. The van der Waals surface area contributed by atoms with Crippen LogP contribution in [0.25, 0.3) is 27.1 Å². The quantitative estimate of drug-likeness (QED) is 0.106. The highest BCUT2D eigenvalue weighted by Gasteiger charge is 2.24.